The molecule has 18 heavy (non-hydrogen) atoms. The zero-order valence-electron chi connectivity index (χ0n) is 9.65. The average molecular weight is 236 g/mol. The molecular weight excluding hydrogens is 226 g/mol. The van der Waals surface area contributed by atoms with Crippen molar-refractivity contribution in [2.24, 2.45) is 0 Å². The first-order chi connectivity index (χ1) is 8.84. The van der Waals surface area contributed by atoms with Gasteiger partial charge in [-0.1, -0.05) is 60.7 Å². The highest BCUT2D eigenvalue weighted by molar-refractivity contribution is 6.51. The predicted molar refractivity (Wildman–Crippen MR) is 71.2 cm³/mol. The van der Waals surface area contributed by atoms with Crippen LogP contribution in [0.25, 0.3) is 0 Å². The van der Waals surface area contributed by atoms with Crippen molar-refractivity contribution in [1.82, 2.24) is 0 Å². The SMILES string of the molecule is O=C(O[B]c1ccccc1)O[B]c1ccccc1. The molecule has 0 aliphatic carbocycles. The van der Waals surface area contributed by atoms with E-state index in [0.29, 0.717) is 0 Å². The number of rotatable bonds is 4. The monoisotopic (exact) mass is 236 g/mol. The fraction of sp³-hybridized carbons (Fsp3) is 0. The Kier molecular flexibility index (Phi) is 4.47. The molecule has 0 saturated heterocycles. The lowest BCUT2D eigenvalue weighted by molar-refractivity contribution is 0.158. The highest BCUT2D eigenvalue weighted by Gasteiger charge is 2.08. The Labute approximate surface area is 107 Å². The zero-order chi connectivity index (χ0) is 12.6. The van der Waals surface area contributed by atoms with Gasteiger partial charge < -0.3 is 9.31 Å². The Morgan fingerprint density at radius 2 is 1.11 bits per heavy atom. The largest absolute Gasteiger partial charge is 0.504 e. The maximum atomic E-state index is 11.3. The summed E-state index contributed by atoms with van der Waals surface area (Å²) in [7, 11) is 2.70. The van der Waals surface area contributed by atoms with Gasteiger partial charge in [-0.25, -0.2) is 4.79 Å². The minimum absolute atomic E-state index is 0.761. The molecule has 2 aromatic rings. The van der Waals surface area contributed by atoms with E-state index < -0.39 is 6.16 Å². The first-order valence-electron chi connectivity index (χ1n) is 5.48. The Balaban J connectivity index is 1.73. The lowest BCUT2D eigenvalue weighted by Gasteiger charge is -2.04. The smallest absolute Gasteiger partial charge is 0.471 e. The van der Waals surface area contributed by atoms with E-state index in [0.717, 1.165) is 10.9 Å². The van der Waals surface area contributed by atoms with Crippen molar-refractivity contribution in [2.45, 2.75) is 0 Å². The fourth-order valence-electron chi connectivity index (χ4n) is 1.32. The van der Waals surface area contributed by atoms with Gasteiger partial charge in [-0.3, -0.25) is 0 Å². The summed E-state index contributed by atoms with van der Waals surface area (Å²) in [5, 5.41) is 0. The first-order valence-corrected chi connectivity index (χ1v) is 5.48. The Hall–Kier alpha value is -2.16. The molecule has 0 amide bonds. The van der Waals surface area contributed by atoms with Gasteiger partial charge in [0.2, 0.25) is 0 Å². The van der Waals surface area contributed by atoms with Gasteiger partial charge in [-0.05, 0) is 10.9 Å². The van der Waals surface area contributed by atoms with Crippen LogP contribution in [0.3, 0.4) is 0 Å². The van der Waals surface area contributed by atoms with Gasteiger partial charge in [-0.15, -0.1) is 0 Å². The number of carbonyl (C=O) groups is 1. The van der Waals surface area contributed by atoms with Gasteiger partial charge in [-0.2, -0.15) is 0 Å². The lowest BCUT2D eigenvalue weighted by atomic mass is 9.88. The quantitative estimate of drug-likeness (QED) is 0.743. The van der Waals surface area contributed by atoms with Gasteiger partial charge in [0.25, 0.3) is 0 Å². The van der Waals surface area contributed by atoms with Crippen molar-refractivity contribution in [3.05, 3.63) is 60.7 Å². The van der Waals surface area contributed by atoms with Crippen LogP contribution in [-0.2, 0) is 9.31 Å². The average Bonchev–Trinajstić information content (AvgIpc) is 2.45. The van der Waals surface area contributed by atoms with Crippen LogP contribution in [0.2, 0.25) is 0 Å². The summed E-state index contributed by atoms with van der Waals surface area (Å²) < 4.78 is 9.66. The number of hydrogen-bond donors (Lipinski definition) is 0. The van der Waals surface area contributed by atoms with Crippen molar-refractivity contribution in [3.63, 3.8) is 0 Å². The van der Waals surface area contributed by atoms with E-state index in [4.69, 9.17) is 9.31 Å². The molecule has 2 rings (SSSR count). The summed E-state index contributed by atoms with van der Waals surface area (Å²) >= 11 is 0. The minimum atomic E-state index is -0.761. The maximum absolute atomic E-state index is 11.3. The summed E-state index contributed by atoms with van der Waals surface area (Å²) in [5.41, 5.74) is 1.60. The fourth-order valence-corrected chi connectivity index (χ4v) is 1.32. The second-order valence-corrected chi connectivity index (χ2v) is 3.54. The molecule has 0 bridgehead atoms. The van der Waals surface area contributed by atoms with E-state index in [-0.39, 0.29) is 0 Å². The van der Waals surface area contributed by atoms with Gasteiger partial charge in [0.05, 0.1) is 0 Å². The number of benzene rings is 2. The standard InChI is InChI=1S/C13H10B2O3/c16-13(17-14-11-7-3-1-4-8-11)18-15-12-9-5-2-6-10-12/h1-10H. The third-order valence-corrected chi connectivity index (χ3v) is 2.18. The molecule has 0 fully saturated rings. The summed E-state index contributed by atoms with van der Waals surface area (Å²) in [6.45, 7) is 0. The summed E-state index contributed by atoms with van der Waals surface area (Å²) in [6, 6.07) is 18.5. The van der Waals surface area contributed by atoms with E-state index >= 15 is 0 Å². The lowest BCUT2D eigenvalue weighted by Crippen LogP contribution is -2.25. The molecule has 0 N–H and O–H groups in total. The molecule has 0 aromatic heterocycles. The van der Waals surface area contributed by atoms with Crippen molar-refractivity contribution >= 4 is 32.0 Å². The molecule has 0 spiro atoms. The molecule has 5 heteroatoms. The second kappa shape index (κ2) is 6.54. The first kappa shape index (κ1) is 12.3. The molecule has 2 radical (unpaired) electrons. The van der Waals surface area contributed by atoms with Crippen LogP contribution in [0.4, 0.5) is 4.79 Å². The molecule has 0 saturated carbocycles. The maximum Gasteiger partial charge on any atom is 0.471 e. The highest BCUT2D eigenvalue weighted by atomic mass is 16.7. The Morgan fingerprint density at radius 1 is 0.722 bits per heavy atom. The number of hydrogen-bond acceptors (Lipinski definition) is 3. The molecule has 0 atom stereocenters. The van der Waals surface area contributed by atoms with Crippen molar-refractivity contribution < 1.29 is 14.1 Å². The van der Waals surface area contributed by atoms with Crippen LogP contribution in [0.5, 0.6) is 0 Å². The summed E-state index contributed by atoms with van der Waals surface area (Å²) in [6.07, 6.45) is -0.761. The van der Waals surface area contributed by atoms with Gasteiger partial charge in [0.15, 0.2) is 0 Å². The van der Waals surface area contributed by atoms with Crippen molar-refractivity contribution in [1.29, 1.82) is 0 Å². The minimum Gasteiger partial charge on any atom is -0.504 e. The van der Waals surface area contributed by atoms with Gasteiger partial charge in [0.1, 0.15) is 0 Å². The van der Waals surface area contributed by atoms with Crippen LogP contribution in [0, 0.1) is 0 Å². The van der Waals surface area contributed by atoms with E-state index in [1.165, 1.54) is 15.0 Å². The van der Waals surface area contributed by atoms with Gasteiger partial charge >= 0.3 is 21.1 Å². The Morgan fingerprint density at radius 3 is 1.50 bits per heavy atom. The normalized spacial score (nSPS) is 9.33. The van der Waals surface area contributed by atoms with Crippen LogP contribution >= 0.6 is 0 Å². The van der Waals surface area contributed by atoms with E-state index in [9.17, 15) is 4.79 Å². The molecule has 2 aromatic carbocycles. The molecule has 0 aliphatic rings. The van der Waals surface area contributed by atoms with Gasteiger partial charge in [0, 0.05) is 0 Å². The molecule has 0 heterocycles. The highest BCUT2D eigenvalue weighted by Crippen LogP contribution is 1.87. The zero-order valence-corrected chi connectivity index (χ0v) is 9.65. The molecule has 86 valence electrons. The molecule has 3 nitrogen and oxygen atoms in total. The summed E-state index contributed by atoms with van der Waals surface area (Å²) in [5.74, 6) is 0. The second-order valence-electron chi connectivity index (χ2n) is 3.54. The van der Waals surface area contributed by atoms with E-state index in [1.807, 2.05) is 60.7 Å². The van der Waals surface area contributed by atoms with Crippen LogP contribution in [0.15, 0.2) is 60.7 Å². The predicted octanol–water partition coefficient (Wildman–Crippen LogP) is 1.03. The third-order valence-electron chi connectivity index (χ3n) is 2.18. The molecule has 0 aliphatic heterocycles. The van der Waals surface area contributed by atoms with E-state index in [1.54, 1.807) is 0 Å². The van der Waals surface area contributed by atoms with Crippen LogP contribution in [0.1, 0.15) is 0 Å². The summed E-state index contributed by atoms with van der Waals surface area (Å²) in [4.78, 5) is 11.3. The van der Waals surface area contributed by atoms with Crippen LogP contribution in [-0.4, -0.2) is 21.1 Å². The molecule has 0 unspecified atom stereocenters. The topological polar surface area (TPSA) is 35.5 Å². The Bertz CT molecular complexity index is 443. The molecular formula is C13H10B2O3. The van der Waals surface area contributed by atoms with E-state index in [2.05, 4.69) is 0 Å². The van der Waals surface area contributed by atoms with Crippen molar-refractivity contribution in [3.8, 4) is 0 Å². The third kappa shape index (κ3) is 4.01. The van der Waals surface area contributed by atoms with Crippen LogP contribution < -0.4 is 10.9 Å². The van der Waals surface area contributed by atoms with Crippen molar-refractivity contribution in [2.75, 3.05) is 0 Å². The number of carbonyl (C=O) groups excluding carboxylic acids is 1.